The molecule has 11 heteroatoms. The van der Waals surface area contributed by atoms with Crippen LogP contribution in [0.1, 0.15) is 24.4 Å². The molecule has 10 nitrogen and oxygen atoms in total. The molecule has 0 radical (unpaired) electrons. The largest absolute Gasteiger partial charge is 0.499 e. The number of nitrogens with zero attached hydrogens (tertiary/aromatic N) is 2. The average molecular weight is 423 g/mol. The average Bonchev–Trinajstić information content (AvgIpc) is 2.88. The SMILES string of the molecule is Cn1c(=O)n(C2CCC(=O)NC2=O)c2ccc(/C=C/OCCOS(C)(=O)=O)cc21. The first kappa shape index (κ1) is 20.8. The van der Waals surface area contributed by atoms with Crippen LogP contribution < -0.4 is 11.0 Å². The number of carbonyl (C=O) groups is 2. The third-order valence-electron chi connectivity index (χ3n) is 4.49. The number of fused-ring (bicyclic) bond motifs is 1. The number of aromatic nitrogens is 2. The minimum atomic E-state index is -3.50. The molecule has 2 heterocycles. The Morgan fingerprint density at radius 3 is 2.66 bits per heavy atom. The minimum absolute atomic E-state index is 0.0657. The monoisotopic (exact) mass is 423 g/mol. The molecule has 1 atom stereocenters. The normalized spacial score (nSPS) is 17.8. The maximum absolute atomic E-state index is 12.7. The number of imidazole rings is 1. The highest BCUT2D eigenvalue weighted by Gasteiger charge is 2.31. The molecule has 1 aliphatic rings. The Balaban J connectivity index is 1.78. The van der Waals surface area contributed by atoms with Crippen molar-refractivity contribution in [1.29, 1.82) is 0 Å². The van der Waals surface area contributed by atoms with E-state index in [4.69, 9.17) is 4.74 Å². The number of benzene rings is 1. The van der Waals surface area contributed by atoms with Crippen molar-refractivity contribution >= 4 is 39.0 Å². The van der Waals surface area contributed by atoms with Gasteiger partial charge in [0.2, 0.25) is 11.8 Å². The van der Waals surface area contributed by atoms with E-state index in [1.807, 2.05) is 0 Å². The third-order valence-corrected chi connectivity index (χ3v) is 5.09. The van der Waals surface area contributed by atoms with Crippen molar-refractivity contribution in [2.45, 2.75) is 18.9 Å². The molecule has 1 aromatic heterocycles. The van der Waals surface area contributed by atoms with E-state index in [1.54, 1.807) is 31.3 Å². The van der Waals surface area contributed by atoms with Crippen LogP contribution in [-0.2, 0) is 35.7 Å². The summed E-state index contributed by atoms with van der Waals surface area (Å²) in [6, 6.07) is 4.53. The number of rotatable bonds is 7. The molecule has 2 amide bonds. The fourth-order valence-corrected chi connectivity index (χ4v) is 3.51. The van der Waals surface area contributed by atoms with Crippen LogP contribution in [-0.4, -0.2) is 48.8 Å². The summed E-state index contributed by atoms with van der Waals surface area (Å²) in [4.78, 5) is 36.3. The molecular formula is C18H21N3O7S. The molecule has 29 heavy (non-hydrogen) atoms. The lowest BCUT2D eigenvalue weighted by Crippen LogP contribution is -2.44. The molecule has 2 aromatic rings. The van der Waals surface area contributed by atoms with E-state index in [2.05, 4.69) is 9.50 Å². The Morgan fingerprint density at radius 2 is 1.97 bits per heavy atom. The maximum Gasteiger partial charge on any atom is 0.329 e. The van der Waals surface area contributed by atoms with Crippen molar-refractivity contribution in [2.24, 2.45) is 7.05 Å². The van der Waals surface area contributed by atoms with E-state index in [0.29, 0.717) is 11.0 Å². The molecule has 1 fully saturated rings. The second-order valence-corrected chi connectivity index (χ2v) is 8.27. The van der Waals surface area contributed by atoms with Crippen molar-refractivity contribution < 1.29 is 26.9 Å². The van der Waals surface area contributed by atoms with Gasteiger partial charge in [-0.25, -0.2) is 4.79 Å². The zero-order valence-electron chi connectivity index (χ0n) is 16.0. The Morgan fingerprint density at radius 1 is 1.21 bits per heavy atom. The van der Waals surface area contributed by atoms with Gasteiger partial charge in [0.25, 0.3) is 10.1 Å². The summed E-state index contributed by atoms with van der Waals surface area (Å²) in [5.74, 6) is -0.821. The van der Waals surface area contributed by atoms with Gasteiger partial charge in [0.15, 0.2) is 0 Å². The number of amides is 2. The summed E-state index contributed by atoms with van der Waals surface area (Å²) in [5, 5.41) is 2.27. The third kappa shape index (κ3) is 4.74. The standard InChI is InChI=1S/C18H21N3O7S/c1-20-15-11-12(7-8-27-9-10-28-29(2,25)26)3-4-13(15)21(18(20)24)14-5-6-16(22)19-17(14)23/h3-4,7-8,11,14H,5-6,9-10H2,1-2H3,(H,19,22,23)/b8-7+. The summed E-state index contributed by atoms with van der Waals surface area (Å²) >= 11 is 0. The van der Waals surface area contributed by atoms with E-state index >= 15 is 0 Å². The van der Waals surface area contributed by atoms with Gasteiger partial charge < -0.3 is 4.74 Å². The van der Waals surface area contributed by atoms with Gasteiger partial charge in [-0.1, -0.05) is 6.07 Å². The van der Waals surface area contributed by atoms with Crippen LogP contribution in [0.3, 0.4) is 0 Å². The number of nitrogens with one attached hydrogen (secondary N) is 1. The smallest absolute Gasteiger partial charge is 0.329 e. The van der Waals surface area contributed by atoms with Crippen molar-refractivity contribution in [2.75, 3.05) is 19.5 Å². The molecule has 0 saturated carbocycles. The summed E-state index contributed by atoms with van der Waals surface area (Å²) < 4.78 is 34.3. The van der Waals surface area contributed by atoms with E-state index in [1.165, 1.54) is 15.4 Å². The minimum Gasteiger partial charge on any atom is -0.499 e. The van der Waals surface area contributed by atoms with Crippen LogP contribution >= 0.6 is 0 Å². The van der Waals surface area contributed by atoms with Gasteiger partial charge in [0.05, 0.1) is 23.6 Å². The number of carbonyl (C=O) groups excluding carboxylic acids is 2. The molecule has 0 spiro atoms. The van der Waals surface area contributed by atoms with Crippen molar-refractivity contribution in [1.82, 2.24) is 14.5 Å². The molecule has 156 valence electrons. The summed E-state index contributed by atoms with van der Waals surface area (Å²) in [6.07, 6.45) is 4.48. The predicted molar refractivity (Wildman–Crippen MR) is 104 cm³/mol. The van der Waals surface area contributed by atoms with E-state index in [0.717, 1.165) is 11.8 Å². The van der Waals surface area contributed by atoms with Gasteiger partial charge in [-0.2, -0.15) is 8.42 Å². The first-order valence-corrected chi connectivity index (χ1v) is 10.7. The highest BCUT2D eigenvalue weighted by molar-refractivity contribution is 7.85. The summed E-state index contributed by atoms with van der Waals surface area (Å²) in [5.41, 5.74) is 1.62. The van der Waals surface area contributed by atoms with Gasteiger partial charge in [-0.3, -0.25) is 28.2 Å². The van der Waals surface area contributed by atoms with E-state index < -0.39 is 22.1 Å². The molecule has 1 aromatic carbocycles. The zero-order chi connectivity index (χ0) is 21.2. The number of ether oxygens (including phenoxy) is 1. The fraction of sp³-hybridized carbons (Fsp3) is 0.389. The number of piperidine rings is 1. The molecule has 1 unspecified atom stereocenters. The van der Waals surface area contributed by atoms with Gasteiger partial charge in [-0.05, 0) is 30.2 Å². The summed E-state index contributed by atoms with van der Waals surface area (Å²) in [7, 11) is -1.89. The van der Waals surface area contributed by atoms with Crippen LogP contribution in [0.15, 0.2) is 29.3 Å². The van der Waals surface area contributed by atoms with Crippen molar-refractivity contribution in [3.63, 3.8) is 0 Å². The number of hydrogen-bond acceptors (Lipinski definition) is 7. The van der Waals surface area contributed by atoms with Gasteiger partial charge in [-0.15, -0.1) is 0 Å². The number of hydrogen-bond donors (Lipinski definition) is 1. The van der Waals surface area contributed by atoms with Crippen LogP contribution in [0.4, 0.5) is 0 Å². The lowest BCUT2D eigenvalue weighted by atomic mass is 10.1. The van der Waals surface area contributed by atoms with Gasteiger partial charge in [0.1, 0.15) is 19.3 Å². The molecule has 1 saturated heterocycles. The maximum atomic E-state index is 12.7. The van der Waals surface area contributed by atoms with Crippen LogP contribution in [0.2, 0.25) is 0 Å². The lowest BCUT2D eigenvalue weighted by molar-refractivity contribution is -0.135. The quantitative estimate of drug-likeness (QED) is 0.293. The Bertz CT molecular complexity index is 1140. The first-order valence-electron chi connectivity index (χ1n) is 8.84. The van der Waals surface area contributed by atoms with Crippen LogP contribution in [0.5, 0.6) is 0 Å². The second kappa shape index (κ2) is 8.21. The highest BCUT2D eigenvalue weighted by atomic mass is 32.2. The first-order chi connectivity index (χ1) is 13.7. The Labute approximate surface area is 166 Å². The molecule has 3 rings (SSSR count). The fourth-order valence-electron chi connectivity index (χ4n) is 3.14. The molecule has 1 aliphatic heterocycles. The van der Waals surface area contributed by atoms with Gasteiger partial charge in [0, 0.05) is 13.5 Å². The Kier molecular flexibility index (Phi) is 5.89. The second-order valence-electron chi connectivity index (χ2n) is 6.63. The molecule has 0 aliphatic carbocycles. The Hall–Kier alpha value is -2.92. The molecule has 0 bridgehead atoms. The van der Waals surface area contributed by atoms with Crippen molar-refractivity contribution in [3.8, 4) is 0 Å². The topological polar surface area (TPSA) is 126 Å². The summed E-state index contributed by atoms with van der Waals surface area (Å²) in [6.45, 7) is -0.0261. The predicted octanol–water partition coefficient (Wildman–Crippen LogP) is 0.281. The highest BCUT2D eigenvalue weighted by Crippen LogP contribution is 2.24. The molecular weight excluding hydrogens is 402 g/mol. The van der Waals surface area contributed by atoms with Crippen LogP contribution in [0, 0.1) is 0 Å². The lowest BCUT2D eigenvalue weighted by Gasteiger charge is -2.21. The van der Waals surface area contributed by atoms with Gasteiger partial charge >= 0.3 is 5.69 Å². The van der Waals surface area contributed by atoms with Crippen LogP contribution in [0.25, 0.3) is 17.1 Å². The number of aryl methyl sites for hydroxylation is 1. The van der Waals surface area contributed by atoms with E-state index in [-0.39, 0.29) is 37.7 Å². The molecule has 1 N–H and O–H groups in total. The van der Waals surface area contributed by atoms with Crippen molar-refractivity contribution in [3.05, 3.63) is 40.5 Å². The zero-order valence-corrected chi connectivity index (χ0v) is 16.8. The number of imide groups is 1. The van der Waals surface area contributed by atoms with E-state index in [9.17, 15) is 22.8 Å².